The molecule has 4 rings (SSSR count). The third-order valence-corrected chi connectivity index (χ3v) is 5.14. The minimum atomic E-state index is 0.418. The number of nitrogen functional groups attached to an aromatic ring is 1. The first-order valence-electron chi connectivity index (χ1n) is 9.16. The Bertz CT molecular complexity index is 914. The summed E-state index contributed by atoms with van der Waals surface area (Å²) >= 11 is 0. The number of fused-ring (bicyclic) bond motifs is 1. The second-order valence-electron chi connectivity index (χ2n) is 7.11. The van der Waals surface area contributed by atoms with Gasteiger partial charge in [-0.25, -0.2) is 0 Å². The summed E-state index contributed by atoms with van der Waals surface area (Å²) in [5, 5.41) is 12.4. The predicted octanol–water partition coefficient (Wildman–Crippen LogP) is 3.82. The number of nitrogens with two attached hydrogens (primary N) is 1. The average Bonchev–Trinajstić information content (AvgIpc) is 3.11. The number of hydrogen-bond acceptors (Lipinski definition) is 4. The van der Waals surface area contributed by atoms with Crippen molar-refractivity contribution in [2.75, 3.05) is 24.1 Å². The maximum Gasteiger partial charge on any atom is 0.0454 e. The van der Waals surface area contributed by atoms with Gasteiger partial charge in [-0.05, 0) is 66.7 Å². The highest BCUT2D eigenvalue weighted by Crippen LogP contribution is 2.22. The summed E-state index contributed by atoms with van der Waals surface area (Å²) in [6.07, 6.45) is 5.66. The van der Waals surface area contributed by atoms with Gasteiger partial charge in [0, 0.05) is 54.0 Å². The Morgan fingerprint density at radius 2 is 2.15 bits per heavy atom. The number of benzene rings is 2. The van der Waals surface area contributed by atoms with Gasteiger partial charge in [-0.1, -0.05) is 6.07 Å². The van der Waals surface area contributed by atoms with Gasteiger partial charge >= 0.3 is 0 Å². The molecule has 0 amide bonds. The zero-order valence-corrected chi connectivity index (χ0v) is 14.8. The van der Waals surface area contributed by atoms with Crippen LogP contribution in [0.4, 0.5) is 11.4 Å². The van der Waals surface area contributed by atoms with E-state index in [1.807, 2.05) is 24.4 Å². The first-order valence-corrected chi connectivity index (χ1v) is 9.16. The lowest BCUT2D eigenvalue weighted by molar-refractivity contribution is 0.208. The van der Waals surface area contributed by atoms with E-state index in [2.05, 4.69) is 39.5 Å². The molecule has 134 valence electrons. The molecule has 1 aromatic heterocycles. The summed E-state index contributed by atoms with van der Waals surface area (Å²) in [7, 11) is 0. The number of aromatic nitrogens is 1. The largest absolute Gasteiger partial charge is 0.398 e. The minimum Gasteiger partial charge on any atom is -0.398 e. The van der Waals surface area contributed by atoms with Gasteiger partial charge in [0.05, 0.1) is 0 Å². The van der Waals surface area contributed by atoms with Crippen molar-refractivity contribution < 1.29 is 0 Å². The van der Waals surface area contributed by atoms with Crippen LogP contribution in [0, 0.1) is 5.41 Å². The number of nitrogens with one attached hydrogen (secondary N) is 3. The van der Waals surface area contributed by atoms with Crippen LogP contribution in [0.15, 0.2) is 48.7 Å². The number of aromatic amines is 1. The second-order valence-corrected chi connectivity index (χ2v) is 7.11. The smallest absolute Gasteiger partial charge is 0.0454 e. The Balaban J connectivity index is 1.41. The fourth-order valence-corrected chi connectivity index (χ4v) is 3.80. The van der Waals surface area contributed by atoms with Crippen LogP contribution < -0.4 is 11.1 Å². The number of anilines is 2. The van der Waals surface area contributed by atoms with E-state index < -0.39 is 0 Å². The number of piperidine rings is 1. The lowest BCUT2D eigenvalue weighted by Gasteiger charge is -2.33. The molecule has 3 aromatic rings. The SMILES string of the molecule is N=Cc1cc(NC2CCCN(Cc3ccc4[nH]ccc4c3)C2)ccc1N. The van der Waals surface area contributed by atoms with Crippen LogP contribution in [0.25, 0.3) is 10.9 Å². The molecule has 0 spiro atoms. The van der Waals surface area contributed by atoms with E-state index in [4.69, 9.17) is 11.1 Å². The molecule has 5 nitrogen and oxygen atoms in total. The zero-order valence-electron chi connectivity index (χ0n) is 14.8. The van der Waals surface area contributed by atoms with Crippen LogP contribution in [-0.2, 0) is 6.54 Å². The number of nitrogens with zero attached hydrogens (tertiary/aromatic N) is 1. The van der Waals surface area contributed by atoms with Crippen LogP contribution >= 0.6 is 0 Å². The molecule has 2 heterocycles. The van der Waals surface area contributed by atoms with E-state index in [1.54, 1.807) is 0 Å². The van der Waals surface area contributed by atoms with Gasteiger partial charge < -0.3 is 21.4 Å². The molecule has 1 atom stereocenters. The molecule has 1 unspecified atom stereocenters. The van der Waals surface area contributed by atoms with E-state index in [-0.39, 0.29) is 0 Å². The van der Waals surface area contributed by atoms with Crippen molar-refractivity contribution in [2.45, 2.75) is 25.4 Å². The summed E-state index contributed by atoms with van der Waals surface area (Å²) in [4.78, 5) is 5.77. The summed E-state index contributed by atoms with van der Waals surface area (Å²) in [5.74, 6) is 0. The van der Waals surface area contributed by atoms with Crippen molar-refractivity contribution in [3.8, 4) is 0 Å². The van der Waals surface area contributed by atoms with Crippen molar-refractivity contribution in [2.24, 2.45) is 0 Å². The molecule has 0 radical (unpaired) electrons. The van der Waals surface area contributed by atoms with Gasteiger partial charge in [-0.2, -0.15) is 0 Å². The normalized spacial score (nSPS) is 18.1. The minimum absolute atomic E-state index is 0.418. The van der Waals surface area contributed by atoms with Crippen LogP contribution in [0.3, 0.4) is 0 Å². The number of H-pyrrole nitrogens is 1. The first-order chi connectivity index (χ1) is 12.7. The first kappa shape index (κ1) is 16.7. The fraction of sp³-hybridized carbons (Fsp3) is 0.286. The Labute approximate surface area is 153 Å². The monoisotopic (exact) mass is 347 g/mol. The van der Waals surface area contributed by atoms with E-state index in [0.29, 0.717) is 11.7 Å². The van der Waals surface area contributed by atoms with Gasteiger partial charge in [0.25, 0.3) is 0 Å². The van der Waals surface area contributed by atoms with Crippen molar-refractivity contribution in [3.05, 3.63) is 59.8 Å². The number of hydrogen-bond donors (Lipinski definition) is 4. The molecule has 26 heavy (non-hydrogen) atoms. The summed E-state index contributed by atoms with van der Waals surface area (Å²) < 4.78 is 0. The quantitative estimate of drug-likeness (QED) is 0.418. The third kappa shape index (κ3) is 3.58. The molecule has 1 aliphatic rings. The Kier molecular flexibility index (Phi) is 4.63. The van der Waals surface area contributed by atoms with Crippen molar-refractivity contribution in [1.29, 1.82) is 5.41 Å². The number of likely N-dealkylation sites (tertiary alicyclic amines) is 1. The van der Waals surface area contributed by atoms with E-state index in [1.165, 1.54) is 29.1 Å². The van der Waals surface area contributed by atoms with E-state index in [9.17, 15) is 0 Å². The highest BCUT2D eigenvalue weighted by atomic mass is 15.2. The molecule has 5 heteroatoms. The number of rotatable bonds is 5. The molecule has 1 saturated heterocycles. The topological polar surface area (TPSA) is 80.9 Å². The molecule has 0 aliphatic carbocycles. The van der Waals surface area contributed by atoms with Crippen LogP contribution in [-0.4, -0.2) is 35.2 Å². The molecule has 0 saturated carbocycles. The maximum absolute atomic E-state index is 7.46. The Hall–Kier alpha value is -2.79. The molecule has 2 aromatic carbocycles. The maximum atomic E-state index is 7.46. The van der Waals surface area contributed by atoms with Crippen molar-refractivity contribution >= 4 is 28.5 Å². The summed E-state index contributed by atoms with van der Waals surface area (Å²) in [6, 6.07) is 15.0. The van der Waals surface area contributed by atoms with Gasteiger partial charge in [-0.3, -0.25) is 4.90 Å². The van der Waals surface area contributed by atoms with Crippen molar-refractivity contribution in [1.82, 2.24) is 9.88 Å². The fourth-order valence-electron chi connectivity index (χ4n) is 3.80. The van der Waals surface area contributed by atoms with Gasteiger partial charge in [-0.15, -0.1) is 0 Å². The summed E-state index contributed by atoms with van der Waals surface area (Å²) in [6.45, 7) is 3.14. The molecular formula is C21H25N5. The average molecular weight is 347 g/mol. The van der Waals surface area contributed by atoms with Crippen LogP contribution in [0.5, 0.6) is 0 Å². The molecule has 1 aliphatic heterocycles. The highest BCUT2D eigenvalue weighted by Gasteiger charge is 2.20. The van der Waals surface area contributed by atoms with E-state index in [0.717, 1.165) is 37.3 Å². The van der Waals surface area contributed by atoms with Crippen molar-refractivity contribution in [3.63, 3.8) is 0 Å². The molecular weight excluding hydrogens is 322 g/mol. The van der Waals surface area contributed by atoms with E-state index >= 15 is 0 Å². The Morgan fingerprint density at radius 1 is 1.23 bits per heavy atom. The zero-order chi connectivity index (χ0) is 17.9. The summed E-state index contributed by atoms with van der Waals surface area (Å²) in [5.41, 5.74) is 10.9. The molecule has 1 fully saturated rings. The van der Waals surface area contributed by atoms with Crippen LogP contribution in [0.2, 0.25) is 0 Å². The predicted molar refractivity (Wildman–Crippen MR) is 109 cm³/mol. The third-order valence-electron chi connectivity index (χ3n) is 5.14. The molecule has 5 N–H and O–H groups in total. The lowest BCUT2D eigenvalue weighted by atomic mass is 10.0. The van der Waals surface area contributed by atoms with Gasteiger partial charge in [0.15, 0.2) is 0 Å². The Morgan fingerprint density at radius 3 is 3.04 bits per heavy atom. The van der Waals surface area contributed by atoms with Gasteiger partial charge in [0.1, 0.15) is 0 Å². The highest BCUT2D eigenvalue weighted by molar-refractivity contribution is 5.86. The standard InChI is InChI=1S/C21H25N5/c22-12-17-11-18(4-5-20(17)23)25-19-2-1-9-26(14-19)13-15-3-6-21-16(10-15)7-8-24-21/h3-8,10-12,19,22,24-25H,1-2,9,13-14,23H2. The second kappa shape index (κ2) is 7.22. The van der Waals surface area contributed by atoms with Crippen LogP contribution in [0.1, 0.15) is 24.0 Å². The molecule has 0 bridgehead atoms. The lowest BCUT2D eigenvalue weighted by Crippen LogP contribution is -2.41. The van der Waals surface area contributed by atoms with Gasteiger partial charge in [0.2, 0.25) is 0 Å².